The number of amides is 1. The Balaban J connectivity index is 1.58. The summed E-state index contributed by atoms with van der Waals surface area (Å²) in [5.74, 6) is 1.41. The minimum Gasteiger partial charge on any atom is -0.349 e. The lowest BCUT2D eigenvalue weighted by molar-refractivity contribution is -0.122. The first-order valence-corrected chi connectivity index (χ1v) is 7.01. The molecule has 0 aliphatic heterocycles. The van der Waals surface area contributed by atoms with Gasteiger partial charge in [-0.1, -0.05) is 30.3 Å². The summed E-state index contributed by atoms with van der Waals surface area (Å²) in [7, 11) is 0. The molecule has 2 N–H and O–H groups in total. The third kappa shape index (κ3) is 3.23. The van der Waals surface area contributed by atoms with Crippen LogP contribution in [0.15, 0.2) is 36.7 Å². The number of aryl methyl sites for hydroxylation is 1. The number of benzene rings is 1. The number of carbonyl (C=O) groups is 1. The molecule has 1 aliphatic rings. The van der Waals surface area contributed by atoms with Gasteiger partial charge in [-0.15, -0.1) is 0 Å². The Morgan fingerprint density at radius 2 is 2.15 bits per heavy atom. The molecular weight excluding hydrogens is 252 g/mol. The van der Waals surface area contributed by atoms with Gasteiger partial charge in [0.05, 0.1) is 6.04 Å². The van der Waals surface area contributed by atoms with Crippen LogP contribution in [0.25, 0.3) is 0 Å². The average molecular weight is 270 g/mol. The Labute approximate surface area is 117 Å². The number of nitrogens with zero attached hydrogens (tertiary/aromatic N) is 2. The predicted octanol–water partition coefficient (Wildman–Crippen LogP) is 2.00. The molecule has 1 aromatic heterocycles. The van der Waals surface area contributed by atoms with E-state index in [1.165, 1.54) is 24.7 Å². The molecule has 1 aliphatic carbocycles. The first kappa shape index (κ1) is 12.8. The van der Waals surface area contributed by atoms with E-state index in [9.17, 15) is 4.79 Å². The molecule has 0 spiro atoms. The SMILES string of the molecule is O=C(CCc1ncn[nH]1)N[C@@H](c1ccccc1)C1CC1. The molecule has 2 aromatic rings. The Kier molecular flexibility index (Phi) is 3.76. The number of H-pyrrole nitrogens is 1. The summed E-state index contributed by atoms with van der Waals surface area (Å²) in [4.78, 5) is 16.1. The molecule has 0 saturated heterocycles. The Morgan fingerprint density at radius 1 is 1.35 bits per heavy atom. The highest BCUT2D eigenvalue weighted by molar-refractivity contribution is 5.76. The largest absolute Gasteiger partial charge is 0.349 e. The van der Waals surface area contributed by atoms with Crippen LogP contribution in [0.5, 0.6) is 0 Å². The molecule has 1 atom stereocenters. The maximum Gasteiger partial charge on any atom is 0.220 e. The summed E-state index contributed by atoms with van der Waals surface area (Å²) in [6.07, 6.45) is 4.89. The molecule has 5 heteroatoms. The van der Waals surface area contributed by atoms with Crippen LogP contribution in [0.4, 0.5) is 0 Å². The highest BCUT2D eigenvalue weighted by Gasteiger charge is 2.33. The molecule has 1 amide bonds. The zero-order valence-corrected chi connectivity index (χ0v) is 11.2. The van der Waals surface area contributed by atoms with Crippen LogP contribution in [-0.4, -0.2) is 21.1 Å². The first-order valence-electron chi connectivity index (χ1n) is 7.01. The highest BCUT2D eigenvalue weighted by atomic mass is 16.1. The number of hydrogen-bond donors (Lipinski definition) is 2. The van der Waals surface area contributed by atoms with Gasteiger partial charge in [-0.2, -0.15) is 5.10 Å². The second kappa shape index (κ2) is 5.86. The number of hydrogen-bond acceptors (Lipinski definition) is 3. The van der Waals surface area contributed by atoms with Crippen LogP contribution in [0.3, 0.4) is 0 Å². The Morgan fingerprint density at radius 3 is 2.80 bits per heavy atom. The van der Waals surface area contributed by atoms with E-state index >= 15 is 0 Å². The van der Waals surface area contributed by atoms with E-state index in [1.807, 2.05) is 18.2 Å². The van der Waals surface area contributed by atoms with Gasteiger partial charge in [0.25, 0.3) is 0 Å². The molecule has 5 nitrogen and oxygen atoms in total. The lowest BCUT2D eigenvalue weighted by Gasteiger charge is -2.18. The van der Waals surface area contributed by atoms with E-state index in [-0.39, 0.29) is 11.9 Å². The topological polar surface area (TPSA) is 70.7 Å². The molecule has 0 bridgehead atoms. The fourth-order valence-corrected chi connectivity index (χ4v) is 2.39. The second-order valence-corrected chi connectivity index (χ2v) is 5.23. The lowest BCUT2D eigenvalue weighted by atomic mass is 10.0. The van der Waals surface area contributed by atoms with Gasteiger partial charge in [-0.3, -0.25) is 9.89 Å². The van der Waals surface area contributed by atoms with Crippen LogP contribution in [0.1, 0.15) is 36.7 Å². The zero-order chi connectivity index (χ0) is 13.8. The third-order valence-corrected chi connectivity index (χ3v) is 3.62. The van der Waals surface area contributed by atoms with E-state index in [4.69, 9.17) is 0 Å². The number of nitrogens with one attached hydrogen (secondary N) is 2. The summed E-state index contributed by atoms with van der Waals surface area (Å²) in [5, 5.41) is 9.71. The van der Waals surface area contributed by atoms with Gasteiger partial charge in [0.15, 0.2) is 0 Å². The predicted molar refractivity (Wildman–Crippen MR) is 74.8 cm³/mol. The first-order chi connectivity index (χ1) is 9.83. The Hall–Kier alpha value is -2.17. The van der Waals surface area contributed by atoms with E-state index in [1.54, 1.807) is 0 Å². The van der Waals surface area contributed by atoms with Crippen molar-refractivity contribution in [1.82, 2.24) is 20.5 Å². The summed E-state index contributed by atoms with van der Waals surface area (Å²) < 4.78 is 0. The van der Waals surface area contributed by atoms with Crippen molar-refractivity contribution in [2.24, 2.45) is 5.92 Å². The second-order valence-electron chi connectivity index (χ2n) is 5.23. The molecule has 0 unspecified atom stereocenters. The average Bonchev–Trinajstić information content (AvgIpc) is 3.19. The van der Waals surface area contributed by atoms with Crippen molar-refractivity contribution in [3.8, 4) is 0 Å². The fourth-order valence-electron chi connectivity index (χ4n) is 2.39. The maximum atomic E-state index is 12.1. The highest BCUT2D eigenvalue weighted by Crippen LogP contribution is 2.40. The van der Waals surface area contributed by atoms with Gasteiger partial charge in [-0.25, -0.2) is 4.98 Å². The standard InChI is InChI=1S/C15H18N4O/c20-14(9-8-13-16-10-17-19-13)18-15(12-6-7-12)11-4-2-1-3-5-11/h1-5,10,12,15H,6-9H2,(H,18,20)(H,16,17,19)/t15-/m0/s1. The van der Waals surface area contributed by atoms with Crippen LogP contribution in [-0.2, 0) is 11.2 Å². The van der Waals surface area contributed by atoms with E-state index in [0.717, 1.165) is 5.82 Å². The van der Waals surface area contributed by atoms with E-state index < -0.39 is 0 Å². The van der Waals surface area contributed by atoms with Crippen molar-refractivity contribution in [1.29, 1.82) is 0 Å². The normalized spacial score (nSPS) is 15.8. The van der Waals surface area contributed by atoms with Crippen molar-refractivity contribution < 1.29 is 4.79 Å². The molecule has 0 radical (unpaired) electrons. The van der Waals surface area contributed by atoms with Gasteiger partial charge < -0.3 is 5.32 Å². The molecule has 1 fully saturated rings. The summed E-state index contributed by atoms with van der Waals surface area (Å²) in [6, 6.07) is 10.4. The van der Waals surface area contributed by atoms with Crippen molar-refractivity contribution in [3.05, 3.63) is 48.0 Å². The lowest BCUT2D eigenvalue weighted by Crippen LogP contribution is -2.30. The van der Waals surface area contributed by atoms with Crippen molar-refractivity contribution in [2.75, 3.05) is 0 Å². The van der Waals surface area contributed by atoms with E-state index in [0.29, 0.717) is 18.8 Å². The molecule has 20 heavy (non-hydrogen) atoms. The molecule has 104 valence electrons. The minimum absolute atomic E-state index is 0.0714. The fraction of sp³-hybridized carbons (Fsp3) is 0.400. The quantitative estimate of drug-likeness (QED) is 0.843. The number of aromatic nitrogens is 3. The maximum absolute atomic E-state index is 12.1. The summed E-state index contributed by atoms with van der Waals surface area (Å²) in [6.45, 7) is 0. The molecule has 1 saturated carbocycles. The molecule has 1 heterocycles. The number of rotatable bonds is 6. The number of aromatic amines is 1. The zero-order valence-electron chi connectivity index (χ0n) is 11.2. The summed E-state index contributed by atoms with van der Waals surface area (Å²) in [5.41, 5.74) is 1.20. The van der Waals surface area contributed by atoms with Crippen LogP contribution in [0.2, 0.25) is 0 Å². The van der Waals surface area contributed by atoms with Crippen molar-refractivity contribution in [2.45, 2.75) is 31.7 Å². The van der Waals surface area contributed by atoms with Gasteiger partial charge >= 0.3 is 0 Å². The number of carbonyl (C=O) groups excluding carboxylic acids is 1. The molecular formula is C15H18N4O. The van der Waals surface area contributed by atoms with Gasteiger partial charge in [0.2, 0.25) is 5.91 Å². The van der Waals surface area contributed by atoms with Crippen molar-refractivity contribution >= 4 is 5.91 Å². The molecule has 1 aromatic carbocycles. The van der Waals surface area contributed by atoms with Gasteiger partial charge in [-0.05, 0) is 24.3 Å². The van der Waals surface area contributed by atoms with Gasteiger partial charge in [0, 0.05) is 12.8 Å². The third-order valence-electron chi connectivity index (χ3n) is 3.62. The Bertz CT molecular complexity index is 549. The van der Waals surface area contributed by atoms with Crippen LogP contribution in [0, 0.1) is 5.92 Å². The monoisotopic (exact) mass is 270 g/mol. The van der Waals surface area contributed by atoms with Crippen LogP contribution < -0.4 is 5.32 Å². The van der Waals surface area contributed by atoms with Gasteiger partial charge in [0.1, 0.15) is 12.2 Å². The molecule has 3 rings (SSSR count). The minimum atomic E-state index is 0.0714. The van der Waals surface area contributed by atoms with Crippen LogP contribution >= 0.6 is 0 Å². The smallest absolute Gasteiger partial charge is 0.220 e. The summed E-state index contributed by atoms with van der Waals surface area (Å²) >= 11 is 0. The van der Waals surface area contributed by atoms with Crippen molar-refractivity contribution in [3.63, 3.8) is 0 Å². The van der Waals surface area contributed by atoms with E-state index in [2.05, 4.69) is 32.6 Å².